The van der Waals surface area contributed by atoms with Crippen LogP contribution in [0.3, 0.4) is 0 Å². The zero-order valence-electron chi connectivity index (χ0n) is 17.6. The van der Waals surface area contributed by atoms with Crippen molar-refractivity contribution in [3.63, 3.8) is 0 Å². The van der Waals surface area contributed by atoms with Crippen LogP contribution in [0.4, 0.5) is 0 Å². The molecule has 1 fully saturated rings. The van der Waals surface area contributed by atoms with Gasteiger partial charge in [0.15, 0.2) is 0 Å². The molecule has 0 aromatic heterocycles. The number of halogens is 2. The van der Waals surface area contributed by atoms with Crippen LogP contribution in [0.5, 0.6) is 0 Å². The molecular weight excluding hydrogens is 554 g/mol. The van der Waals surface area contributed by atoms with Crippen molar-refractivity contribution in [3.8, 4) is 11.1 Å². The molecule has 0 bridgehead atoms. The van der Waals surface area contributed by atoms with Crippen LogP contribution in [0.15, 0.2) is 48.0 Å². The van der Waals surface area contributed by atoms with Gasteiger partial charge in [0, 0.05) is 0 Å². The molecule has 0 amide bonds. The predicted molar refractivity (Wildman–Crippen MR) is 108 cm³/mol. The summed E-state index contributed by atoms with van der Waals surface area (Å²) in [6.45, 7) is 11.4. The number of hydrogen-bond donors (Lipinski definition) is 0. The molecule has 0 N–H and O–H groups in total. The van der Waals surface area contributed by atoms with E-state index in [-0.39, 0.29) is 30.2 Å². The van der Waals surface area contributed by atoms with Gasteiger partial charge in [0.1, 0.15) is 0 Å². The fourth-order valence-corrected chi connectivity index (χ4v) is 21.4. The summed E-state index contributed by atoms with van der Waals surface area (Å²) in [5, 5.41) is 0. The van der Waals surface area contributed by atoms with Crippen LogP contribution >= 0.6 is 0 Å². The van der Waals surface area contributed by atoms with Gasteiger partial charge in [0.25, 0.3) is 0 Å². The Kier molecular flexibility index (Phi) is 7.14. The quantitative estimate of drug-likeness (QED) is 0.388. The molecular formula is C24H30Cl2HfO. The van der Waals surface area contributed by atoms with Crippen LogP contribution in [0.1, 0.15) is 61.4 Å². The van der Waals surface area contributed by atoms with E-state index in [0.29, 0.717) is 7.53 Å². The van der Waals surface area contributed by atoms with Gasteiger partial charge >= 0.3 is 164 Å². The molecule has 3 unspecified atom stereocenters. The Morgan fingerprint density at radius 2 is 1.61 bits per heavy atom. The van der Waals surface area contributed by atoms with Crippen LogP contribution < -0.4 is 24.8 Å². The van der Waals surface area contributed by atoms with Crippen LogP contribution in [0.25, 0.3) is 17.2 Å². The first-order chi connectivity index (χ1) is 12.3. The molecule has 2 aromatic carbocycles. The van der Waals surface area contributed by atoms with Crippen LogP contribution in [0.2, 0.25) is 4.68 Å². The van der Waals surface area contributed by atoms with Gasteiger partial charge in [-0.2, -0.15) is 0 Å². The van der Waals surface area contributed by atoms with Gasteiger partial charge in [-0.05, 0) is 0 Å². The summed E-state index contributed by atoms with van der Waals surface area (Å²) in [7, 11) is 0. The molecule has 4 heteroatoms. The molecule has 1 nitrogen and oxygen atoms in total. The third kappa shape index (κ3) is 3.95. The summed E-state index contributed by atoms with van der Waals surface area (Å²) >= 11 is -2.60. The van der Waals surface area contributed by atoms with E-state index in [1.165, 1.54) is 27.8 Å². The molecule has 1 aliphatic carbocycles. The minimum absolute atomic E-state index is 0. The number of fused-ring (bicyclic) bond motifs is 1. The van der Waals surface area contributed by atoms with Crippen molar-refractivity contribution in [2.75, 3.05) is 0 Å². The predicted octanol–water partition coefficient (Wildman–Crippen LogP) is 1.00. The average molecular weight is 584 g/mol. The van der Waals surface area contributed by atoms with Crippen molar-refractivity contribution in [1.29, 1.82) is 0 Å². The van der Waals surface area contributed by atoms with Gasteiger partial charge in [-0.15, -0.1) is 0 Å². The second-order valence-electron chi connectivity index (χ2n) is 9.09. The molecule has 2 aromatic rings. The monoisotopic (exact) mass is 584 g/mol. The maximum absolute atomic E-state index is 6.26. The van der Waals surface area contributed by atoms with Gasteiger partial charge < -0.3 is 24.8 Å². The van der Waals surface area contributed by atoms with Gasteiger partial charge in [-0.1, -0.05) is 0 Å². The fourth-order valence-electron chi connectivity index (χ4n) is 4.50. The average Bonchev–Trinajstić information content (AvgIpc) is 3.05. The Morgan fingerprint density at radius 3 is 2.11 bits per heavy atom. The zero-order chi connectivity index (χ0) is 18.7. The maximum atomic E-state index is 6.26. The Balaban J connectivity index is 0.00000140. The van der Waals surface area contributed by atoms with E-state index in [2.05, 4.69) is 87.8 Å². The van der Waals surface area contributed by atoms with E-state index >= 15 is 0 Å². The van der Waals surface area contributed by atoms with Crippen molar-refractivity contribution in [2.24, 2.45) is 0 Å². The first-order valence-electron chi connectivity index (χ1n) is 9.88. The van der Waals surface area contributed by atoms with Crippen LogP contribution in [-0.2, 0) is 28.7 Å². The molecule has 0 spiro atoms. The normalized spacial score (nSPS) is 23.0. The van der Waals surface area contributed by atoms with E-state index in [4.69, 9.17) is 2.85 Å². The second-order valence-corrected chi connectivity index (χ2v) is 23.4. The Hall–Kier alpha value is -0.410. The molecule has 4 rings (SSSR count). The Bertz CT molecular complexity index is 882. The van der Waals surface area contributed by atoms with Crippen molar-refractivity contribution < 1.29 is 48.1 Å². The molecule has 1 aliphatic heterocycles. The van der Waals surface area contributed by atoms with Crippen molar-refractivity contribution in [3.05, 3.63) is 64.7 Å². The van der Waals surface area contributed by atoms with Gasteiger partial charge in [-0.25, -0.2) is 0 Å². The molecule has 1 heterocycles. The van der Waals surface area contributed by atoms with Crippen molar-refractivity contribution in [1.82, 2.24) is 0 Å². The summed E-state index contributed by atoms with van der Waals surface area (Å²) in [5.74, 6) is 0. The van der Waals surface area contributed by atoms with Gasteiger partial charge in [0.2, 0.25) is 0 Å². The minimum atomic E-state index is -2.60. The standard InChI is InChI=1S/C21H23.C2H4O.CH3.2ClH.Hf/c1-5-15-13-17-7-6-8-19(20(17)14-15)16-9-11-18(12-10-16)21(2,3)4;1-2-3;;;;/h6-14H,5H2,1-4H3;2H,1H3;1H3;2*1H;/q;-1;;;;+3/p-2. The molecule has 150 valence electrons. The topological polar surface area (TPSA) is 12.5 Å². The van der Waals surface area contributed by atoms with Gasteiger partial charge in [0.05, 0.1) is 0 Å². The Morgan fingerprint density at radius 1 is 1.00 bits per heavy atom. The first-order valence-corrected chi connectivity index (χ1v) is 19.1. The third-order valence-electron chi connectivity index (χ3n) is 6.38. The second kappa shape index (κ2) is 8.38. The third-order valence-corrected chi connectivity index (χ3v) is 21.4. The number of hydrogen-bond acceptors (Lipinski definition) is 1. The molecule has 3 atom stereocenters. The van der Waals surface area contributed by atoms with E-state index in [0.717, 1.165) is 6.42 Å². The molecule has 28 heavy (non-hydrogen) atoms. The zero-order valence-corrected chi connectivity index (χ0v) is 22.7. The summed E-state index contributed by atoms with van der Waals surface area (Å²) in [6.07, 6.45) is 3.61. The smallest absolute Gasteiger partial charge is 1.00 e. The largest absolute Gasteiger partial charge is 1.00 e. The Labute approximate surface area is 187 Å². The van der Waals surface area contributed by atoms with Crippen LogP contribution in [-0.4, -0.2) is 3.86 Å². The van der Waals surface area contributed by atoms with Crippen molar-refractivity contribution >= 4 is 6.08 Å². The van der Waals surface area contributed by atoms with Gasteiger partial charge in [-0.3, -0.25) is 0 Å². The summed E-state index contributed by atoms with van der Waals surface area (Å²) < 4.78 is 9.92. The molecule has 1 saturated heterocycles. The van der Waals surface area contributed by atoms with E-state index in [1.807, 2.05) is 0 Å². The van der Waals surface area contributed by atoms with E-state index in [1.54, 1.807) is 5.57 Å². The molecule has 2 aliphatic rings. The fraction of sp³-hybridized carbons (Fsp3) is 0.417. The van der Waals surface area contributed by atoms with E-state index in [9.17, 15) is 0 Å². The van der Waals surface area contributed by atoms with Crippen LogP contribution in [0, 0.1) is 0 Å². The SMILES string of the molecule is CCC1=Cc2c(-c3ccc(C(C)(C)C)cc3)cccc2[CH]1[Hf+2]1([CH3])[O][CH]1C.[Cl-].[Cl-]. The summed E-state index contributed by atoms with van der Waals surface area (Å²) in [4.78, 5) is 0. The molecule has 0 radical (unpaired) electrons. The summed E-state index contributed by atoms with van der Waals surface area (Å²) in [5.41, 5.74) is 8.87. The number of rotatable bonds is 3. The minimum Gasteiger partial charge on any atom is -1.00 e. The maximum Gasteiger partial charge on any atom is -1.00 e. The van der Waals surface area contributed by atoms with Crippen molar-refractivity contribution in [2.45, 2.75) is 58.7 Å². The number of benzene rings is 2. The first kappa shape index (κ1) is 23.9. The summed E-state index contributed by atoms with van der Waals surface area (Å²) in [6, 6.07) is 16.1. The number of allylic oxidation sites excluding steroid dienone is 1. The molecule has 0 saturated carbocycles. The van der Waals surface area contributed by atoms with E-state index < -0.39 is 20.4 Å².